The maximum absolute atomic E-state index is 13.6. The van der Waals surface area contributed by atoms with Crippen molar-refractivity contribution in [3.05, 3.63) is 30.1 Å². The zero-order valence-corrected chi connectivity index (χ0v) is 64.6. The van der Waals surface area contributed by atoms with Crippen LogP contribution in [0.1, 0.15) is 351 Å². The van der Waals surface area contributed by atoms with E-state index in [4.69, 9.17) is 34.4 Å². The van der Waals surface area contributed by atoms with Gasteiger partial charge in [-0.2, -0.15) is 0 Å². The number of carbonyl (C=O) groups excluding carboxylic acids is 4. The predicted octanol–water partition coefficient (Wildman–Crippen LogP) is 21.4. The average molecular weight is 1370 g/mol. The van der Waals surface area contributed by atoms with E-state index in [2.05, 4.69) is 60.9 Å². The second kappa shape index (κ2) is 57.2. The van der Waals surface area contributed by atoms with E-state index in [9.17, 15) is 19.2 Å². The molecule has 0 spiro atoms. The number of nitrogens with two attached hydrogens (primary N) is 1. The zero-order valence-electron chi connectivity index (χ0n) is 64.6. The summed E-state index contributed by atoms with van der Waals surface area (Å²) in [5.74, 6) is 3.12. The van der Waals surface area contributed by atoms with Gasteiger partial charge in [0.05, 0.1) is 37.4 Å². The van der Waals surface area contributed by atoms with Gasteiger partial charge < -0.3 is 43.8 Å². The smallest absolute Gasteiger partial charge is 0.306 e. The van der Waals surface area contributed by atoms with Gasteiger partial charge in [-0.1, -0.05) is 240 Å². The molecule has 15 heteroatoms. The number of esters is 4. The number of nitrogen functional groups attached to an aromatic ring is 1. The summed E-state index contributed by atoms with van der Waals surface area (Å²) in [5, 5.41) is 0.943. The second-order valence-corrected chi connectivity index (χ2v) is 30.7. The number of para-hydroxylation sites is 1. The van der Waals surface area contributed by atoms with E-state index in [0.29, 0.717) is 76.6 Å². The highest BCUT2D eigenvalue weighted by Gasteiger charge is 2.28. The second-order valence-electron chi connectivity index (χ2n) is 30.7. The fraction of sp³-hybridized carbons (Fsp3) is 0.831. The molecule has 0 aliphatic heterocycles. The summed E-state index contributed by atoms with van der Waals surface area (Å²) >= 11 is 0. The summed E-state index contributed by atoms with van der Waals surface area (Å²) in [6.07, 6.45) is 47.7. The third kappa shape index (κ3) is 45.5. The molecular weight excluding hydrogens is 1220 g/mol. The fourth-order valence-electron chi connectivity index (χ4n) is 13.4. The van der Waals surface area contributed by atoms with E-state index in [1.165, 1.54) is 128 Å². The number of fused-ring (bicyclic) bond motifs is 3. The summed E-state index contributed by atoms with van der Waals surface area (Å²) in [6.45, 7) is 29.0. The normalized spacial score (nSPS) is 12.1. The SMILES string of the molecule is CCOCc1nc2c(N)nc3ccccc3c2n1CC(C)(C)OC(=O)CCCCCN(CCCCCCCCC(=O)OCCCCCCCC(C)C)CCCN(CCCCCCCCC(=O)OCCCCCCCC(C)C)CCCCCCCCC(=O)OCCCCCCCC(C)C. The number of ether oxygens (including phenoxy) is 5. The molecule has 0 aliphatic carbocycles. The number of anilines is 1. The lowest BCUT2D eigenvalue weighted by Gasteiger charge is -2.27. The molecule has 15 nitrogen and oxygen atoms in total. The van der Waals surface area contributed by atoms with Gasteiger partial charge in [-0.05, 0) is 161 Å². The molecule has 2 N–H and O–H groups in total. The highest BCUT2D eigenvalue weighted by molar-refractivity contribution is 6.06. The van der Waals surface area contributed by atoms with Gasteiger partial charge in [0.2, 0.25) is 0 Å². The first-order valence-corrected chi connectivity index (χ1v) is 40.7. The van der Waals surface area contributed by atoms with Crippen molar-refractivity contribution in [3.63, 3.8) is 0 Å². The Kier molecular flexibility index (Phi) is 51.3. The van der Waals surface area contributed by atoms with Crippen molar-refractivity contribution in [1.29, 1.82) is 0 Å². The molecule has 0 unspecified atom stereocenters. The first-order valence-electron chi connectivity index (χ1n) is 40.7. The van der Waals surface area contributed by atoms with Gasteiger partial charge in [-0.3, -0.25) is 19.2 Å². The third-order valence-corrected chi connectivity index (χ3v) is 19.2. The monoisotopic (exact) mass is 1370 g/mol. The molecule has 0 aliphatic rings. The summed E-state index contributed by atoms with van der Waals surface area (Å²) < 4.78 is 30.9. The van der Waals surface area contributed by atoms with Crippen molar-refractivity contribution >= 4 is 51.6 Å². The Hall–Kier alpha value is -4.34. The fourth-order valence-corrected chi connectivity index (χ4v) is 13.4. The van der Waals surface area contributed by atoms with Crippen molar-refractivity contribution in [2.75, 3.05) is 71.4 Å². The Morgan fingerprint density at radius 3 is 1.17 bits per heavy atom. The van der Waals surface area contributed by atoms with E-state index in [-0.39, 0.29) is 23.9 Å². The largest absolute Gasteiger partial charge is 0.466 e. The molecule has 0 atom stereocenters. The maximum Gasteiger partial charge on any atom is 0.306 e. The number of pyridine rings is 1. The van der Waals surface area contributed by atoms with Crippen molar-refractivity contribution in [2.24, 2.45) is 17.8 Å². The van der Waals surface area contributed by atoms with Gasteiger partial charge >= 0.3 is 23.9 Å². The van der Waals surface area contributed by atoms with E-state index in [1.807, 2.05) is 45.0 Å². The molecule has 0 saturated carbocycles. The third-order valence-electron chi connectivity index (χ3n) is 19.2. The topological polar surface area (TPSA) is 178 Å². The molecule has 0 bridgehead atoms. The molecule has 0 amide bonds. The lowest BCUT2D eigenvalue weighted by atomic mass is 10.0. The van der Waals surface area contributed by atoms with Crippen LogP contribution in [0.4, 0.5) is 5.82 Å². The number of aromatic nitrogens is 3. The van der Waals surface area contributed by atoms with Crippen LogP contribution < -0.4 is 5.73 Å². The maximum atomic E-state index is 13.6. The summed E-state index contributed by atoms with van der Waals surface area (Å²) in [5.41, 5.74) is 7.95. The molecule has 1 aromatic carbocycles. The molecule has 3 aromatic rings. The Bertz CT molecular complexity index is 2430. The lowest BCUT2D eigenvalue weighted by molar-refractivity contribution is -0.158. The van der Waals surface area contributed by atoms with E-state index in [1.54, 1.807) is 0 Å². The number of hydrogen-bond acceptors (Lipinski definition) is 14. The summed E-state index contributed by atoms with van der Waals surface area (Å²) in [7, 11) is 0. The van der Waals surface area contributed by atoms with Crippen LogP contribution >= 0.6 is 0 Å². The van der Waals surface area contributed by atoms with Crippen LogP contribution in [0, 0.1) is 17.8 Å². The molecule has 3 rings (SSSR count). The van der Waals surface area contributed by atoms with Gasteiger partial charge in [0, 0.05) is 37.7 Å². The number of rotatable bonds is 67. The van der Waals surface area contributed by atoms with Crippen molar-refractivity contribution in [3.8, 4) is 0 Å². The quantitative estimate of drug-likeness (QED) is 0.0321. The standard InChI is InChI=1S/C83H148N6O9/c1-10-94-68-75-86-80-81(73-53-40-41-54-74(73)85-82(80)84)89(75)69-83(8,9)98-79(93)58-39-32-45-62-88(61-44-28-16-13-25-38-57-78(92)97-67-48-31-19-22-35-52-72(6)7)64-49-63-87(59-42-26-14-11-23-36-55-76(90)95-65-46-29-17-20-33-50-70(2)3)60-43-27-15-12-24-37-56-77(91)96-66-47-30-18-21-34-51-71(4)5/h40-41,53-54,70-72H,10-39,42-52,55-69H2,1-9H3,(H2,84,85). The van der Waals surface area contributed by atoms with Crippen LogP contribution in [0.2, 0.25) is 0 Å². The number of unbranched alkanes of at least 4 members (excludes halogenated alkanes) is 29. The highest BCUT2D eigenvalue weighted by atomic mass is 16.6. The van der Waals surface area contributed by atoms with E-state index >= 15 is 0 Å². The minimum absolute atomic E-state index is 0.0317. The summed E-state index contributed by atoms with van der Waals surface area (Å²) in [6, 6.07) is 7.94. The molecular formula is C83H148N6O9. The molecule has 2 heterocycles. The number of nitrogens with zero attached hydrogens (tertiary/aromatic N) is 5. The van der Waals surface area contributed by atoms with Gasteiger partial charge in [0.25, 0.3) is 0 Å². The average Bonchev–Trinajstić information content (AvgIpc) is 1.58. The predicted molar refractivity (Wildman–Crippen MR) is 408 cm³/mol. The van der Waals surface area contributed by atoms with Crippen LogP contribution in [-0.2, 0) is 56.0 Å². The van der Waals surface area contributed by atoms with Gasteiger partial charge in [-0.25, -0.2) is 9.97 Å². The van der Waals surface area contributed by atoms with Crippen LogP contribution in [0.3, 0.4) is 0 Å². The van der Waals surface area contributed by atoms with Gasteiger partial charge in [-0.15, -0.1) is 0 Å². The number of imidazole rings is 1. The Morgan fingerprint density at radius 1 is 0.439 bits per heavy atom. The minimum Gasteiger partial charge on any atom is -0.466 e. The molecule has 564 valence electrons. The van der Waals surface area contributed by atoms with E-state index in [0.717, 1.165) is 208 Å². The van der Waals surface area contributed by atoms with Crippen LogP contribution in [0.15, 0.2) is 24.3 Å². The van der Waals surface area contributed by atoms with Crippen molar-refractivity contribution in [1.82, 2.24) is 24.3 Å². The van der Waals surface area contributed by atoms with Crippen LogP contribution in [-0.4, -0.2) is 120 Å². The highest BCUT2D eigenvalue weighted by Crippen LogP contribution is 2.31. The number of benzene rings is 1. The van der Waals surface area contributed by atoms with Crippen molar-refractivity contribution in [2.45, 2.75) is 364 Å². The number of hydrogen-bond donors (Lipinski definition) is 1. The first kappa shape index (κ1) is 87.9. The Balaban J connectivity index is 1.52. The molecule has 0 radical (unpaired) electrons. The Morgan fingerprint density at radius 2 is 0.776 bits per heavy atom. The van der Waals surface area contributed by atoms with Gasteiger partial charge in [0.1, 0.15) is 23.5 Å². The number of carbonyl (C=O) groups is 4. The zero-order chi connectivity index (χ0) is 71.1. The molecule has 0 fully saturated rings. The van der Waals surface area contributed by atoms with Crippen molar-refractivity contribution < 1.29 is 42.9 Å². The van der Waals surface area contributed by atoms with Gasteiger partial charge in [0.15, 0.2) is 5.82 Å². The Labute approximate surface area is 598 Å². The van der Waals surface area contributed by atoms with E-state index < -0.39 is 5.60 Å². The first-order chi connectivity index (χ1) is 47.5. The lowest BCUT2D eigenvalue weighted by Crippen LogP contribution is -2.34. The van der Waals surface area contributed by atoms with Crippen LogP contribution in [0.25, 0.3) is 21.9 Å². The molecule has 98 heavy (non-hydrogen) atoms. The van der Waals surface area contributed by atoms with Crippen LogP contribution in [0.5, 0.6) is 0 Å². The summed E-state index contributed by atoms with van der Waals surface area (Å²) in [4.78, 5) is 65.9. The molecule has 0 saturated heterocycles. The molecule has 2 aromatic heterocycles. The minimum atomic E-state index is -0.818.